The highest BCUT2D eigenvalue weighted by molar-refractivity contribution is 7.08. The zero-order valence-electron chi connectivity index (χ0n) is 11.9. The first-order valence-electron chi connectivity index (χ1n) is 7.41. The van der Waals surface area contributed by atoms with E-state index in [4.69, 9.17) is 4.52 Å². The van der Waals surface area contributed by atoms with E-state index in [2.05, 4.69) is 25.3 Å². The highest BCUT2D eigenvalue weighted by Crippen LogP contribution is 2.21. The van der Waals surface area contributed by atoms with Crippen molar-refractivity contribution >= 4 is 11.3 Å². The number of nitrogens with zero attached hydrogens (tertiary/aromatic N) is 4. The molecule has 0 amide bonds. The smallest absolute Gasteiger partial charge is 0.241 e. The summed E-state index contributed by atoms with van der Waals surface area (Å²) in [4.78, 5) is 9.43. The summed E-state index contributed by atoms with van der Waals surface area (Å²) in [5.74, 6) is 1.42. The first-order chi connectivity index (χ1) is 10.4. The van der Waals surface area contributed by atoms with Crippen molar-refractivity contribution in [2.24, 2.45) is 0 Å². The molecule has 0 saturated carbocycles. The van der Waals surface area contributed by atoms with Gasteiger partial charge in [-0.1, -0.05) is 5.16 Å². The van der Waals surface area contributed by atoms with E-state index < -0.39 is 0 Å². The number of likely N-dealkylation sites (tertiary alicyclic amines) is 1. The Bertz CT molecular complexity index is 572. The molecular weight excluding hydrogens is 286 g/mol. The molecule has 2 aromatic heterocycles. The molecule has 0 atom stereocenters. The lowest BCUT2D eigenvalue weighted by molar-refractivity contribution is 0.0165. The summed E-state index contributed by atoms with van der Waals surface area (Å²) in [5, 5.41) is 11.5. The van der Waals surface area contributed by atoms with Gasteiger partial charge in [-0.15, -0.1) is 0 Å². The SMILES string of the molecule is c1cc(-c2noc(CN3CC(N4CCNCC4)C3)n2)cs1. The van der Waals surface area contributed by atoms with Gasteiger partial charge in [0.25, 0.3) is 0 Å². The zero-order chi connectivity index (χ0) is 14.1. The molecule has 2 aliphatic heterocycles. The average molecular weight is 305 g/mol. The number of nitrogens with one attached hydrogen (secondary N) is 1. The summed E-state index contributed by atoms with van der Waals surface area (Å²) in [5.41, 5.74) is 1.04. The minimum Gasteiger partial charge on any atom is -0.338 e. The number of hydrogen-bond donors (Lipinski definition) is 1. The Morgan fingerprint density at radius 3 is 2.95 bits per heavy atom. The van der Waals surface area contributed by atoms with Gasteiger partial charge in [-0.2, -0.15) is 16.3 Å². The normalized spacial score (nSPS) is 21.5. The van der Waals surface area contributed by atoms with Gasteiger partial charge in [0, 0.05) is 56.3 Å². The van der Waals surface area contributed by atoms with Crippen LogP contribution >= 0.6 is 11.3 Å². The molecule has 0 aliphatic carbocycles. The summed E-state index contributed by atoms with van der Waals surface area (Å²) in [6.45, 7) is 7.54. The van der Waals surface area contributed by atoms with Crippen LogP contribution in [-0.4, -0.2) is 65.3 Å². The van der Waals surface area contributed by atoms with Crippen molar-refractivity contribution in [1.82, 2.24) is 25.3 Å². The van der Waals surface area contributed by atoms with Crippen molar-refractivity contribution in [3.8, 4) is 11.4 Å². The van der Waals surface area contributed by atoms with Gasteiger partial charge in [-0.3, -0.25) is 9.80 Å². The van der Waals surface area contributed by atoms with E-state index in [0.29, 0.717) is 11.9 Å². The third-order valence-electron chi connectivity index (χ3n) is 4.21. The lowest BCUT2D eigenvalue weighted by atomic mass is 10.1. The van der Waals surface area contributed by atoms with E-state index in [0.717, 1.165) is 44.2 Å². The van der Waals surface area contributed by atoms with Gasteiger partial charge >= 0.3 is 0 Å². The molecule has 2 fully saturated rings. The zero-order valence-corrected chi connectivity index (χ0v) is 12.7. The Hall–Kier alpha value is -1.28. The van der Waals surface area contributed by atoms with Crippen LogP contribution in [0.4, 0.5) is 0 Å². The molecule has 4 heterocycles. The molecule has 0 unspecified atom stereocenters. The van der Waals surface area contributed by atoms with E-state index in [9.17, 15) is 0 Å². The van der Waals surface area contributed by atoms with Crippen LogP contribution in [0.15, 0.2) is 21.3 Å². The second-order valence-corrected chi connectivity index (χ2v) is 6.44. The van der Waals surface area contributed by atoms with Crippen molar-refractivity contribution in [2.45, 2.75) is 12.6 Å². The summed E-state index contributed by atoms with van der Waals surface area (Å²) in [6.07, 6.45) is 0. The maximum atomic E-state index is 5.35. The molecular formula is C14H19N5OS. The number of thiophene rings is 1. The molecule has 6 nitrogen and oxygen atoms in total. The summed E-state index contributed by atoms with van der Waals surface area (Å²) in [7, 11) is 0. The van der Waals surface area contributed by atoms with Crippen molar-refractivity contribution in [3.05, 3.63) is 22.7 Å². The summed E-state index contributed by atoms with van der Waals surface area (Å²) >= 11 is 1.65. The quantitative estimate of drug-likeness (QED) is 0.905. The van der Waals surface area contributed by atoms with Crippen molar-refractivity contribution in [1.29, 1.82) is 0 Å². The van der Waals surface area contributed by atoms with Gasteiger partial charge < -0.3 is 9.84 Å². The van der Waals surface area contributed by atoms with E-state index in [1.165, 1.54) is 13.1 Å². The van der Waals surface area contributed by atoms with Gasteiger partial charge in [-0.25, -0.2) is 0 Å². The van der Waals surface area contributed by atoms with Gasteiger partial charge in [0.1, 0.15) is 0 Å². The molecule has 2 saturated heterocycles. The fourth-order valence-corrected chi connectivity index (χ4v) is 3.60. The van der Waals surface area contributed by atoms with E-state index in [1.54, 1.807) is 11.3 Å². The Balaban J connectivity index is 1.30. The third kappa shape index (κ3) is 2.87. The van der Waals surface area contributed by atoms with E-state index >= 15 is 0 Å². The number of piperazine rings is 1. The number of hydrogen-bond acceptors (Lipinski definition) is 7. The monoisotopic (exact) mass is 305 g/mol. The molecule has 4 rings (SSSR count). The molecule has 0 radical (unpaired) electrons. The van der Waals surface area contributed by atoms with Crippen LogP contribution < -0.4 is 5.32 Å². The van der Waals surface area contributed by atoms with E-state index in [1.807, 2.05) is 16.8 Å². The van der Waals surface area contributed by atoms with Crippen molar-refractivity contribution < 1.29 is 4.52 Å². The molecule has 112 valence electrons. The lowest BCUT2D eigenvalue weighted by Gasteiger charge is -2.46. The van der Waals surface area contributed by atoms with Crippen LogP contribution in [0.2, 0.25) is 0 Å². The highest BCUT2D eigenvalue weighted by Gasteiger charge is 2.33. The third-order valence-corrected chi connectivity index (χ3v) is 4.90. The van der Waals surface area contributed by atoms with Gasteiger partial charge in [-0.05, 0) is 11.4 Å². The standard InChI is InChI=1S/C14H19N5OS/c1-6-21-10-11(1)14-16-13(20-17-14)9-18-7-12(8-18)19-4-2-15-3-5-19/h1,6,10,12,15H,2-5,7-9H2. The number of rotatable bonds is 4. The van der Waals surface area contributed by atoms with Gasteiger partial charge in [0.05, 0.1) is 6.54 Å². The fourth-order valence-electron chi connectivity index (χ4n) is 2.97. The molecule has 2 aliphatic rings. The average Bonchev–Trinajstić information content (AvgIpc) is 3.14. The van der Waals surface area contributed by atoms with Crippen LogP contribution in [0.5, 0.6) is 0 Å². The molecule has 0 bridgehead atoms. The van der Waals surface area contributed by atoms with Crippen molar-refractivity contribution in [3.63, 3.8) is 0 Å². The second kappa shape index (κ2) is 5.84. The Morgan fingerprint density at radius 1 is 1.33 bits per heavy atom. The van der Waals surface area contributed by atoms with Crippen LogP contribution in [0.3, 0.4) is 0 Å². The first-order valence-corrected chi connectivity index (χ1v) is 8.35. The van der Waals surface area contributed by atoms with Crippen LogP contribution in [0.1, 0.15) is 5.89 Å². The van der Waals surface area contributed by atoms with Gasteiger partial charge in [0.15, 0.2) is 0 Å². The first kappa shape index (κ1) is 13.4. The summed E-state index contributed by atoms with van der Waals surface area (Å²) in [6, 6.07) is 2.72. The molecule has 1 N–H and O–H groups in total. The largest absolute Gasteiger partial charge is 0.338 e. The Kier molecular flexibility index (Phi) is 3.72. The molecule has 21 heavy (non-hydrogen) atoms. The molecule has 7 heteroatoms. The maximum absolute atomic E-state index is 5.35. The van der Waals surface area contributed by atoms with Crippen LogP contribution in [-0.2, 0) is 6.54 Å². The second-order valence-electron chi connectivity index (χ2n) is 5.66. The van der Waals surface area contributed by atoms with Crippen LogP contribution in [0, 0.1) is 0 Å². The van der Waals surface area contributed by atoms with Crippen LogP contribution in [0.25, 0.3) is 11.4 Å². The summed E-state index contributed by atoms with van der Waals surface area (Å²) < 4.78 is 5.35. The fraction of sp³-hybridized carbons (Fsp3) is 0.571. The Labute approximate surface area is 127 Å². The molecule has 0 aromatic carbocycles. The predicted octanol–water partition coefficient (Wildman–Crippen LogP) is 0.887. The lowest BCUT2D eigenvalue weighted by Crippen LogP contribution is -2.62. The minimum absolute atomic E-state index is 0.699. The van der Waals surface area contributed by atoms with Gasteiger partial charge in [0.2, 0.25) is 11.7 Å². The maximum Gasteiger partial charge on any atom is 0.241 e. The van der Waals surface area contributed by atoms with E-state index in [-0.39, 0.29) is 0 Å². The highest BCUT2D eigenvalue weighted by atomic mass is 32.1. The predicted molar refractivity (Wildman–Crippen MR) is 81.1 cm³/mol. The van der Waals surface area contributed by atoms with Crippen molar-refractivity contribution in [2.75, 3.05) is 39.3 Å². The minimum atomic E-state index is 0.699. The topological polar surface area (TPSA) is 57.4 Å². The molecule has 2 aromatic rings. The number of aromatic nitrogens is 2. The molecule has 0 spiro atoms. The Morgan fingerprint density at radius 2 is 2.19 bits per heavy atom.